The van der Waals surface area contributed by atoms with Crippen molar-refractivity contribution in [1.29, 1.82) is 0 Å². The van der Waals surface area contributed by atoms with Gasteiger partial charge in [0.05, 0.1) is 6.61 Å². The molecule has 0 saturated heterocycles. The number of hydrogen-bond donors (Lipinski definition) is 1. The second-order valence-electron chi connectivity index (χ2n) is 4.80. The lowest BCUT2D eigenvalue weighted by Crippen LogP contribution is -1.88. The van der Waals surface area contributed by atoms with Crippen molar-refractivity contribution in [1.82, 2.24) is 0 Å². The minimum absolute atomic E-state index is 0.0839. The molecule has 0 unspecified atom stereocenters. The van der Waals surface area contributed by atoms with E-state index in [2.05, 4.69) is 40.2 Å². The Morgan fingerprint density at radius 3 is 2.74 bits per heavy atom. The van der Waals surface area contributed by atoms with Gasteiger partial charge in [-0.05, 0) is 60.2 Å². The van der Waals surface area contributed by atoms with Gasteiger partial charge in [-0.3, -0.25) is 0 Å². The van der Waals surface area contributed by atoms with Crippen molar-refractivity contribution >= 4 is 27.7 Å². The highest BCUT2D eigenvalue weighted by Crippen LogP contribution is 2.35. The summed E-state index contributed by atoms with van der Waals surface area (Å²) in [7, 11) is 0. The number of benzene rings is 2. The molecule has 0 radical (unpaired) electrons. The number of aliphatic hydroxyl groups is 1. The Labute approximate surface area is 126 Å². The summed E-state index contributed by atoms with van der Waals surface area (Å²) in [5.74, 6) is 0. The summed E-state index contributed by atoms with van der Waals surface area (Å²) >= 11 is 5.22. The minimum Gasteiger partial charge on any atom is -0.392 e. The summed E-state index contributed by atoms with van der Waals surface area (Å²) in [6, 6.07) is 12.8. The average Bonchev–Trinajstić information content (AvgIpc) is 2.86. The van der Waals surface area contributed by atoms with Crippen LogP contribution < -0.4 is 0 Å². The van der Waals surface area contributed by atoms with Crippen molar-refractivity contribution in [3.05, 3.63) is 57.6 Å². The third-order valence-corrected chi connectivity index (χ3v) is 5.08. The number of aliphatic hydroxyl groups excluding tert-OH is 1. The Morgan fingerprint density at radius 1 is 1.05 bits per heavy atom. The highest BCUT2D eigenvalue weighted by Gasteiger charge is 2.12. The van der Waals surface area contributed by atoms with E-state index in [1.807, 2.05) is 12.1 Å². The number of hydrogen-bond acceptors (Lipinski definition) is 2. The van der Waals surface area contributed by atoms with Crippen LogP contribution in [0.2, 0.25) is 0 Å². The fourth-order valence-corrected chi connectivity index (χ4v) is 4.05. The monoisotopic (exact) mass is 334 g/mol. The predicted molar refractivity (Wildman–Crippen MR) is 82.7 cm³/mol. The Kier molecular flexibility index (Phi) is 3.96. The molecule has 0 fully saturated rings. The Bertz CT molecular complexity index is 610. The highest BCUT2D eigenvalue weighted by molar-refractivity contribution is 9.10. The lowest BCUT2D eigenvalue weighted by molar-refractivity contribution is 0.279. The molecule has 3 heteroatoms. The zero-order valence-corrected chi connectivity index (χ0v) is 12.9. The van der Waals surface area contributed by atoms with Gasteiger partial charge >= 0.3 is 0 Å². The number of aryl methyl sites for hydroxylation is 2. The topological polar surface area (TPSA) is 20.2 Å². The summed E-state index contributed by atoms with van der Waals surface area (Å²) in [6.45, 7) is 0.0839. The van der Waals surface area contributed by atoms with Crippen LogP contribution in [0.1, 0.15) is 23.1 Å². The van der Waals surface area contributed by atoms with E-state index in [1.165, 1.54) is 35.3 Å². The van der Waals surface area contributed by atoms with Crippen molar-refractivity contribution in [2.75, 3.05) is 0 Å². The molecule has 98 valence electrons. The molecule has 1 aliphatic rings. The quantitative estimate of drug-likeness (QED) is 0.886. The van der Waals surface area contributed by atoms with Crippen LogP contribution in [-0.4, -0.2) is 5.11 Å². The molecule has 0 bridgehead atoms. The smallest absolute Gasteiger partial charge is 0.0692 e. The molecule has 3 rings (SSSR count). The third kappa shape index (κ3) is 2.88. The largest absolute Gasteiger partial charge is 0.392 e. The zero-order valence-electron chi connectivity index (χ0n) is 10.5. The van der Waals surface area contributed by atoms with E-state index >= 15 is 0 Å². The number of rotatable bonds is 3. The van der Waals surface area contributed by atoms with Gasteiger partial charge in [-0.1, -0.05) is 39.8 Å². The maximum Gasteiger partial charge on any atom is 0.0692 e. The summed E-state index contributed by atoms with van der Waals surface area (Å²) < 4.78 is 1.05. The predicted octanol–water partition coefficient (Wildman–Crippen LogP) is 4.58. The average molecular weight is 335 g/mol. The van der Waals surface area contributed by atoms with Gasteiger partial charge in [-0.25, -0.2) is 0 Å². The van der Waals surface area contributed by atoms with Gasteiger partial charge in [0, 0.05) is 14.3 Å². The highest BCUT2D eigenvalue weighted by atomic mass is 79.9. The molecule has 0 heterocycles. The van der Waals surface area contributed by atoms with Crippen molar-refractivity contribution in [3.63, 3.8) is 0 Å². The van der Waals surface area contributed by atoms with Crippen molar-refractivity contribution in [3.8, 4) is 0 Å². The summed E-state index contributed by atoms with van der Waals surface area (Å²) in [5.41, 5.74) is 3.97. The molecule has 0 amide bonds. The first kappa shape index (κ1) is 13.2. The van der Waals surface area contributed by atoms with Gasteiger partial charge in [-0.15, -0.1) is 0 Å². The second-order valence-corrected chi connectivity index (χ2v) is 6.83. The molecule has 19 heavy (non-hydrogen) atoms. The van der Waals surface area contributed by atoms with Gasteiger partial charge in [-0.2, -0.15) is 0 Å². The van der Waals surface area contributed by atoms with Crippen LogP contribution in [0.5, 0.6) is 0 Å². The van der Waals surface area contributed by atoms with E-state index in [1.54, 1.807) is 11.8 Å². The zero-order chi connectivity index (χ0) is 13.2. The Balaban J connectivity index is 1.90. The van der Waals surface area contributed by atoms with Gasteiger partial charge < -0.3 is 5.11 Å². The summed E-state index contributed by atoms with van der Waals surface area (Å²) in [4.78, 5) is 2.38. The molecule has 1 nitrogen and oxygen atoms in total. The molecule has 0 spiro atoms. The third-order valence-electron chi connectivity index (χ3n) is 3.50. The molecule has 2 aromatic rings. The van der Waals surface area contributed by atoms with E-state index in [0.29, 0.717) is 0 Å². The fraction of sp³-hybridized carbons (Fsp3) is 0.250. The van der Waals surface area contributed by atoms with Crippen LogP contribution in [0.4, 0.5) is 0 Å². The first-order valence-corrected chi connectivity index (χ1v) is 8.06. The first-order valence-electron chi connectivity index (χ1n) is 6.45. The maximum absolute atomic E-state index is 9.41. The number of halogens is 1. The molecule has 1 N–H and O–H groups in total. The van der Waals surface area contributed by atoms with Crippen LogP contribution in [0.15, 0.2) is 50.7 Å². The molecule has 1 aliphatic carbocycles. The van der Waals surface area contributed by atoms with Crippen LogP contribution >= 0.6 is 27.7 Å². The van der Waals surface area contributed by atoms with Gasteiger partial charge in [0.25, 0.3) is 0 Å². The van der Waals surface area contributed by atoms with E-state index in [9.17, 15) is 5.11 Å². The van der Waals surface area contributed by atoms with Crippen molar-refractivity contribution in [2.24, 2.45) is 0 Å². The van der Waals surface area contributed by atoms with Gasteiger partial charge in [0.2, 0.25) is 0 Å². The molecule has 0 aliphatic heterocycles. The van der Waals surface area contributed by atoms with Crippen LogP contribution in [0.3, 0.4) is 0 Å². The van der Waals surface area contributed by atoms with Crippen molar-refractivity contribution < 1.29 is 5.11 Å². The summed E-state index contributed by atoms with van der Waals surface area (Å²) in [6.07, 6.45) is 3.70. The fourth-order valence-electron chi connectivity index (χ4n) is 2.49. The lowest BCUT2D eigenvalue weighted by atomic mass is 10.1. The van der Waals surface area contributed by atoms with E-state index < -0.39 is 0 Å². The standard InChI is InChI=1S/C16H15BrOS/c17-14-6-4-13(10-18)16(9-14)19-15-7-5-11-2-1-3-12(11)8-15/h4-9,18H,1-3,10H2. The molecule has 2 aromatic carbocycles. The van der Waals surface area contributed by atoms with Gasteiger partial charge in [0.1, 0.15) is 0 Å². The van der Waals surface area contributed by atoms with Crippen LogP contribution in [-0.2, 0) is 19.4 Å². The molecular weight excluding hydrogens is 320 g/mol. The lowest BCUT2D eigenvalue weighted by Gasteiger charge is -2.09. The van der Waals surface area contributed by atoms with Crippen LogP contribution in [0, 0.1) is 0 Å². The maximum atomic E-state index is 9.41. The van der Waals surface area contributed by atoms with Crippen LogP contribution in [0.25, 0.3) is 0 Å². The molecule has 0 atom stereocenters. The van der Waals surface area contributed by atoms with E-state index in [-0.39, 0.29) is 6.61 Å². The molecular formula is C16H15BrOS. The second kappa shape index (κ2) is 5.70. The minimum atomic E-state index is 0.0839. The first-order chi connectivity index (χ1) is 9.26. The molecule has 0 aromatic heterocycles. The number of fused-ring (bicyclic) bond motifs is 1. The van der Waals surface area contributed by atoms with Crippen molar-refractivity contribution in [2.45, 2.75) is 35.7 Å². The SMILES string of the molecule is OCc1ccc(Br)cc1Sc1ccc2c(c1)CCC2. The Morgan fingerprint density at radius 2 is 1.89 bits per heavy atom. The normalized spacial score (nSPS) is 13.6. The van der Waals surface area contributed by atoms with E-state index in [4.69, 9.17) is 0 Å². The molecule has 0 saturated carbocycles. The van der Waals surface area contributed by atoms with Gasteiger partial charge in [0.15, 0.2) is 0 Å². The van der Waals surface area contributed by atoms with E-state index in [0.717, 1.165) is 14.9 Å². The summed E-state index contributed by atoms with van der Waals surface area (Å²) in [5, 5.41) is 9.41. The Hall–Kier alpha value is -0.770.